The number of piperidine rings is 1. The Morgan fingerprint density at radius 2 is 2.25 bits per heavy atom. The highest BCUT2D eigenvalue weighted by Gasteiger charge is 2.42. The molecule has 2 N–H and O–H groups in total. The molecule has 0 unspecified atom stereocenters. The molecule has 2 fully saturated rings. The van der Waals surface area contributed by atoms with E-state index in [1.165, 1.54) is 6.20 Å². The number of nitrogens with one attached hydrogen (secondary N) is 2. The average Bonchev–Trinajstić information content (AvgIpc) is 3.38. The van der Waals surface area contributed by atoms with Gasteiger partial charge >= 0.3 is 5.92 Å². The molecule has 1 aromatic heterocycles. The van der Waals surface area contributed by atoms with Crippen molar-refractivity contribution < 1.29 is 18.3 Å². The van der Waals surface area contributed by atoms with E-state index in [1.54, 1.807) is 6.07 Å². The zero-order valence-corrected chi connectivity index (χ0v) is 13.7. The van der Waals surface area contributed by atoms with Crippen LogP contribution in [0.1, 0.15) is 44.1 Å². The van der Waals surface area contributed by atoms with Gasteiger partial charge in [-0.1, -0.05) is 6.07 Å². The number of carbonyl (C=O) groups is 1. The summed E-state index contributed by atoms with van der Waals surface area (Å²) in [4.78, 5) is 15.9. The van der Waals surface area contributed by atoms with Crippen molar-refractivity contribution in [2.45, 2.75) is 56.5 Å². The van der Waals surface area contributed by atoms with Crippen LogP contribution in [0, 0.1) is 0 Å². The van der Waals surface area contributed by atoms with E-state index in [0.717, 1.165) is 18.4 Å². The molecular formula is C17H23F2N3O2. The van der Waals surface area contributed by atoms with Crippen molar-refractivity contribution in [1.82, 2.24) is 15.6 Å². The number of rotatable bonds is 6. The van der Waals surface area contributed by atoms with Gasteiger partial charge in [0.15, 0.2) is 6.61 Å². The normalized spacial score (nSPS) is 24.5. The number of hydrogen-bond donors (Lipinski definition) is 2. The lowest BCUT2D eigenvalue weighted by Crippen LogP contribution is -2.52. The third-order valence-corrected chi connectivity index (χ3v) is 4.50. The third kappa shape index (κ3) is 4.20. The minimum atomic E-state index is -3.58. The zero-order valence-electron chi connectivity index (χ0n) is 13.7. The van der Waals surface area contributed by atoms with Gasteiger partial charge in [-0.15, -0.1) is 0 Å². The molecule has 0 bridgehead atoms. The highest BCUT2D eigenvalue weighted by molar-refractivity contribution is 5.83. The molecule has 2 heterocycles. The van der Waals surface area contributed by atoms with Crippen LogP contribution in [0.4, 0.5) is 8.78 Å². The van der Waals surface area contributed by atoms with E-state index in [-0.39, 0.29) is 18.0 Å². The number of alkyl halides is 2. The SMILES string of the molecule is C[C@@H]1C[C@H](NC(=O)C(F)(F)COc2ncccc2C2CC2)CCN1. The second-order valence-electron chi connectivity index (χ2n) is 6.72. The van der Waals surface area contributed by atoms with Gasteiger partial charge in [-0.3, -0.25) is 4.79 Å². The van der Waals surface area contributed by atoms with Gasteiger partial charge in [-0.25, -0.2) is 4.98 Å². The molecule has 5 nitrogen and oxygen atoms in total. The Balaban J connectivity index is 1.56. The second kappa shape index (κ2) is 7.01. The number of ether oxygens (including phenoxy) is 1. The van der Waals surface area contributed by atoms with Gasteiger partial charge in [0, 0.05) is 23.8 Å². The fraction of sp³-hybridized carbons (Fsp3) is 0.647. The van der Waals surface area contributed by atoms with Gasteiger partial charge in [0.2, 0.25) is 5.88 Å². The molecule has 132 valence electrons. The molecule has 1 aliphatic heterocycles. The molecule has 0 radical (unpaired) electrons. The molecule has 0 aromatic carbocycles. The first-order chi connectivity index (χ1) is 11.5. The van der Waals surface area contributed by atoms with Crippen molar-refractivity contribution >= 4 is 5.91 Å². The molecule has 24 heavy (non-hydrogen) atoms. The third-order valence-electron chi connectivity index (χ3n) is 4.50. The molecule has 1 saturated heterocycles. The van der Waals surface area contributed by atoms with E-state index in [1.807, 2.05) is 13.0 Å². The van der Waals surface area contributed by atoms with Gasteiger partial charge in [0.05, 0.1) is 0 Å². The largest absolute Gasteiger partial charge is 0.470 e. The standard InChI is InChI=1S/C17H23F2N3O2/c1-11-9-13(6-8-20-11)22-16(23)17(18,19)10-24-15-14(12-4-5-12)3-2-7-21-15/h2-3,7,11-13,20H,4-6,8-10H2,1H3,(H,22,23)/t11-,13-/m1/s1. The highest BCUT2D eigenvalue weighted by atomic mass is 19.3. The molecule has 3 rings (SSSR count). The Labute approximate surface area is 140 Å². The smallest absolute Gasteiger partial charge is 0.357 e. The second-order valence-corrected chi connectivity index (χ2v) is 6.72. The monoisotopic (exact) mass is 339 g/mol. The van der Waals surface area contributed by atoms with Gasteiger partial charge in [-0.05, 0) is 51.1 Å². The molecule has 0 spiro atoms. The summed E-state index contributed by atoms with van der Waals surface area (Å²) in [6.45, 7) is 1.70. The van der Waals surface area contributed by atoms with Crippen molar-refractivity contribution in [2.75, 3.05) is 13.2 Å². The number of hydrogen-bond acceptors (Lipinski definition) is 4. The Bertz CT molecular complexity index is 593. The fourth-order valence-corrected chi connectivity index (χ4v) is 3.01. The Hall–Kier alpha value is -1.76. The Morgan fingerprint density at radius 1 is 1.46 bits per heavy atom. The number of halogens is 2. The maximum absolute atomic E-state index is 14.1. The molecule has 1 aromatic rings. The van der Waals surface area contributed by atoms with Gasteiger partial charge in [0.25, 0.3) is 5.91 Å². The minimum Gasteiger partial charge on any atom is -0.470 e. The lowest BCUT2D eigenvalue weighted by atomic mass is 10.0. The number of carbonyl (C=O) groups excluding carboxylic acids is 1. The molecule has 1 amide bonds. The lowest BCUT2D eigenvalue weighted by molar-refractivity contribution is -0.150. The van der Waals surface area contributed by atoms with Gasteiger partial charge in [0.1, 0.15) is 0 Å². The number of nitrogens with zero attached hydrogens (tertiary/aromatic N) is 1. The number of pyridine rings is 1. The lowest BCUT2D eigenvalue weighted by Gasteiger charge is -2.29. The van der Waals surface area contributed by atoms with E-state index in [4.69, 9.17) is 4.74 Å². The average molecular weight is 339 g/mol. The predicted octanol–water partition coefficient (Wildman–Crippen LogP) is 2.23. The van der Waals surface area contributed by atoms with E-state index < -0.39 is 18.4 Å². The molecule has 7 heteroatoms. The number of amides is 1. The first kappa shape index (κ1) is 17.1. The molecule has 1 saturated carbocycles. The quantitative estimate of drug-likeness (QED) is 0.834. The van der Waals surface area contributed by atoms with E-state index in [2.05, 4.69) is 15.6 Å². The first-order valence-corrected chi connectivity index (χ1v) is 8.45. The van der Waals surface area contributed by atoms with Crippen LogP contribution in [0.15, 0.2) is 18.3 Å². The van der Waals surface area contributed by atoms with Crippen LogP contribution < -0.4 is 15.4 Å². The van der Waals surface area contributed by atoms with Crippen LogP contribution in [-0.2, 0) is 4.79 Å². The van der Waals surface area contributed by atoms with E-state index in [0.29, 0.717) is 25.3 Å². The van der Waals surface area contributed by atoms with Crippen LogP contribution in [0.2, 0.25) is 0 Å². The molecule has 1 aliphatic carbocycles. The molecule has 2 aliphatic rings. The van der Waals surface area contributed by atoms with Crippen molar-refractivity contribution in [3.8, 4) is 5.88 Å². The summed E-state index contributed by atoms with van der Waals surface area (Å²) in [6, 6.07) is 3.60. The maximum atomic E-state index is 14.1. The van der Waals surface area contributed by atoms with Crippen LogP contribution in [0.25, 0.3) is 0 Å². The van der Waals surface area contributed by atoms with Crippen molar-refractivity contribution in [3.05, 3.63) is 23.9 Å². The van der Waals surface area contributed by atoms with Crippen molar-refractivity contribution in [1.29, 1.82) is 0 Å². The van der Waals surface area contributed by atoms with Crippen LogP contribution in [0.3, 0.4) is 0 Å². The van der Waals surface area contributed by atoms with Crippen LogP contribution >= 0.6 is 0 Å². The summed E-state index contributed by atoms with van der Waals surface area (Å²) < 4.78 is 33.4. The summed E-state index contributed by atoms with van der Waals surface area (Å²) in [5.41, 5.74) is 0.848. The van der Waals surface area contributed by atoms with Gasteiger partial charge in [-0.2, -0.15) is 8.78 Å². The minimum absolute atomic E-state index is 0.211. The topological polar surface area (TPSA) is 63.2 Å². The van der Waals surface area contributed by atoms with E-state index in [9.17, 15) is 13.6 Å². The zero-order chi connectivity index (χ0) is 17.2. The number of aromatic nitrogens is 1. The molecular weight excluding hydrogens is 316 g/mol. The van der Waals surface area contributed by atoms with Crippen LogP contribution in [-0.4, -0.2) is 42.0 Å². The Kier molecular flexibility index (Phi) is 4.99. The summed E-state index contributed by atoms with van der Waals surface area (Å²) in [5, 5.41) is 5.67. The van der Waals surface area contributed by atoms with Crippen molar-refractivity contribution in [3.63, 3.8) is 0 Å². The fourth-order valence-electron chi connectivity index (χ4n) is 3.01. The van der Waals surface area contributed by atoms with Gasteiger partial charge < -0.3 is 15.4 Å². The van der Waals surface area contributed by atoms with Crippen LogP contribution in [0.5, 0.6) is 5.88 Å². The highest BCUT2D eigenvalue weighted by Crippen LogP contribution is 2.43. The van der Waals surface area contributed by atoms with Crippen molar-refractivity contribution in [2.24, 2.45) is 0 Å². The summed E-state index contributed by atoms with van der Waals surface area (Å²) >= 11 is 0. The maximum Gasteiger partial charge on any atom is 0.357 e. The summed E-state index contributed by atoms with van der Waals surface area (Å²) in [7, 11) is 0. The first-order valence-electron chi connectivity index (χ1n) is 8.45. The van der Waals surface area contributed by atoms with E-state index >= 15 is 0 Å². The summed E-state index contributed by atoms with van der Waals surface area (Å²) in [6.07, 6.45) is 4.85. The summed E-state index contributed by atoms with van der Waals surface area (Å²) in [5.74, 6) is -4.30. The Morgan fingerprint density at radius 3 is 2.96 bits per heavy atom. The molecule has 2 atom stereocenters. The predicted molar refractivity (Wildman–Crippen MR) is 85.3 cm³/mol.